The van der Waals surface area contributed by atoms with Gasteiger partial charge in [0.25, 0.3) is 0 Å². The van der Waals surface area contributed by atoms with Crippen LogP contribution in [0.15, 0.2) is 30.3 Å². The van der Waals surface area contributed by atoms with Crippen molar-refractivity contribution >= 4 is 17.5 Å². The van der Waals surface area contributed by atoms with E-state index in [0.717, 1.165) is 51.0 Å². The van der Waals surface area contributed by atoms with E-state index in [-0.39, 0.29) is 17.2 Å². The molecule has 2 heterocycles. The number of hydrogen-bond acceptors (Lipinski definition) is 2. The van der Waals surface area contributed by atoms with Crippen LogP contribution in [-0.2, 0) is 9.59 Å². The quantitative estimate of drug-likeness (QED) is 0.787. The van der Waals surface area contributed by atoms with Gasteiger partial charge in [-0.2, -0.15) is 0 Å². The fourth-order valence-corrected chi connectivity index (χ4v) is 3.89. The van der Waals surface area contributed by atoms with Gasteiger partial charge in [0.2, 0.25) is 11.8 Å². The zero-order chi connectivity index (χ0) is 15.2. The highest BCUT2D eigenvalue weighted by molar-refractivity contribution is 6.04. The maximum Gasteiger partial charge on any atom is 0.235 e. The van der Waals surface area contributed by atoms with Crippen molar-refractivity contribution in [3.8, 4) is 0 Å². The number of likely N-dealkylation sites (tertiary alicyclic amines) is 1. The van der Waals surface area contributed by atoms with Gasteiger partial charge >= 0.3 is 0 Å². The number of carbonyl (C=O) groups is 2. The predicted octanol–water partition coefficient (Wildman–Crippen LogP) is 2.44. The lowest BCUT2D eigenvalue weighted by Crippen LogP contribution is -2.65. The standard InChI is InChI=1S/C18H22N2O2/c21-16(14-5-4-6-14)19-11-9-18(10-12-19)13-20(17(18)22)15-7-2-1-3-8-15/h1-3,7-8,14H,4-6,9-13H2. The molecule has 22 heavy (non-hydrogen) atoms. The van der Waals surface area contributed by atoms with E-state index in [4.69, 9.17) is 0 Å². The molecule has 1 aliphatic carbocycles. The van der Waals surface area contributed by atoms with Crippen LogP contribution in [0.1, 0.15) is 32.1 Å². The molecule has 1 aromatic rings. The summed E-state index contributed by atoms with van der Waals surface area (Å²) in [7, 11) is 0. The van der Waals surface area contributed by atoms with Crippen LogP contribution in [0.2, 0.25) is 0 Å². The maximum atomic E-state index is 12.6. The first-order valence-corrected chi connectivity index (χ1v) is 8.35. The summed E-state index contributed by atoms with van der Waals surface area (Å²) >= 11 is 0. The van der Waals surface area contributed by atoms with Crippen molar-refractivity contribution < 1.29 is 9.59 Å². The lowest BCUT2D eigenvalue weighted by molar-refractivity contribution is -0.147. The third kappa shape index (κ3) is 2.04. The minimum absolute atomic E-state index is 0.202. The molecular formula is C18H22N2O2. The monoisotopic (exact) mass is 298 g/mol. The van der Waals surface area contributed by atoms with Crippen molar-refractivity contribution in [3.05, 3.63) is 30.3 Å². The molecule has 0 atom stereocenters. The number of para-hydroxylation sites is 1. The Bertz CT molecular complexity index is 586. The molecule has 4 nitrogen and oxygen atoms in total. The van der Waals surface area contributed by atoms with Crippen molar-refractivity contribution in [3.63, 3.8) is 0 Å². The number of hydrogen-bond donors (Lipinski definition) is 0. The molecule has 3 aliphatic rings. The van der Waals surface area contributed by atoms with Crippen LogP contribution in [0, 0.1) is 11.3 Å². The number of rotatable bonds is 2. The average molecular weight is 298 g/mol. The van der Waals surface area contributed by atoms with Gasteiger partial charge in [0.15, 0.2) is 0 Å². The van der Waals surface area contributed by atoms with Crippen molar-refractivity contribution in [2.45, 2.75) is 32.1 Å². The second-order valence-electron chi connectivity index (χ2n) is 6.96. The maximum absolute atomic E-state index is 12.6. The Hall–Kier alpha value is -1.84. The van der Waals surface area contributed by atoms with Gasteiger partial charge in [-0.3, -0.25) is 9.59 Å². The van der Waals surface area contributed by atoms with Crippen LogP contribution >= 0.6 is 0 Å². The molecule has 4 heteroatoms. The van der Waals surface area contributed by atoms with Gasteiger partial charge in [-0.1, -0.05) is 24.6 Å². The highest BCUT2D eigenvalue weighted by Gasteiger charge is 2.54. The van der Waals surface area contributed by atoms with Gasteiger partial charge in [-0.15, -0.1) is 0 Å². The van der Waals surface area contributed by atoms with Crippen molar-refractivity contribution in [1.82, 2.24) is 4.90 Å². The predicted molar refractivity (Wildman–Crippen MR) is 84.4 cm³/mol. The number of carbonyl (C=O) groups excluding carboxylic acids is 2. The molecule has 0 bridgehead atoms. The number of anilines is 1. The summed E-state index contributed by atoms with van der Waals surface area (Å²) < 4.78 is 0. The van der Waals surface area contributed by atoms with Crippen LogP contribution < -0.4 is 4.90 Å². The smallest absolute Gasteiger partial charge is 0.235 e. The van der Waals surface area contributed by atoms with E-state index in [1.165, 1.54) is 6.42 Å². The molecule has 1 saturated carbocycles. The van der Waals surface area contributed by atoms with Crippen LogP contribution in [0.4, 0.5) is 5.69 Å². The number of nitrogens with zero attached hydrogens (tertiary/aromatic N) is 2. The molecule has 2 saturated heterocycles. The largest absolute Gasteiger partial charge is 0.342 e. The zero-order valence-corrected chi connectivity index (χ0v) is 12.8. The highest BCUT2D eigenvalue weighted by atomic mass is 16.2. The summed E-state index contributed by atoms with van der Waals surface area (Å²) in [5.74, 6) is 0.842. The number of benzene rings is 1. The Labute approximate surface area is 131 Å². The average Bonchev–Trinajstić information content (AvgIpc) is 2.52. The summed E-state index contributed by atoms with van der Waals surface area (Å²) in [6.07, 6.45) is 4.96. The molecule has 1 aromatic carbocycles. The van der Waals surface area contributed by atoms with Crippen LogP contribution in [0.5, 0.6) is 0 Å². The molecule has 1 spiro atoms. The third-order valence-corrected chi connectivity index (χ3v) is 5.71. The minimum Gasteiger partial charge on any atom is -0.342 e. The lowest BCUT2D eigenvalue weighted by atomic mass is 9.70. The van der Waals surface area contributed by atoms with E-state index >= 15 is 0 Å². The molecule has 3 fully saturated rings. The topological polar surface area (TPSA) is 40.6 Å². The molecule has 0 aromatic heterocycles. The normalized spacial score (nSPS) is 24.1. The molecule has 0 N–H and O–H groups in total. The summed E-state index contributed by atoms with van der Waals surface area (Å²) in [6.45, 7) is 2.31. The Morgan fingerprint density at radius 2 is 1.77 bits per heavy atom. The third-order valence-electron chi connectivity index (χ3n) is 5.71. The van der Waals surface area contributed by atoms with Crippen molar-refractivity contribution in [2.75, 3.05) is 24.5 Å². The molecule has 0 unspecified atom stereocenters. The fraction of sp³-hybridized carbons (Fsp3) is 0.556. The Balaban J connectivity index is 1.38. The van der Waals surface area contributed by atoms with E-state index < -0.39 is 0 Å². The minimum atomic E-state index is -0.202. The first-order chi connectivity index (χ1) is 10.7. The number of piperidine rings is 1. The first kappa shape index (κ1) is 13.8. The van der Waals surface area contributed by atoms with Crippen LogP contribution in [0.3, 0.4) is 0 Å². The van der Waals surface area contributed by atoms with E-state index in [0.29, 0.717) is 5.91 Å². The van der Waals surface area contributed by atoms with Gasteiger partial charge < -0.3 is 9.80 Å². The molecule has 116 valence electrons. The van der Waals surface area contributed by atoms with Gasteiger partial charge in [0.05, 0.1) is 5.41 Å². The van der Waals surface area contributed by atoms with E-state index in [1.807, 2.05) is 40.1 Å². The first-order valence-electron chi connectivity index (χ1n) is 8.35. The van der Waals surface area contributed by atoms with Crippen LogP contribution in [0.25, 0.3) is 0 Å². The molecule has 4 rings (SSSR count). The molecule has 0 radical (unpaired) electrons. The Morgan fingerprint density at radius 1 is 1.09 bits per heavy atom. The highest BCUT2D eigenvalue weighted by Crippen LogP contribution is 2.44. The lowest BCUT2D eigenvalue weighted by Gasteiger charge is -2.52. The summed E-state index contributed by atoms with van der Waals surface area (Å²) in [6, 6.07) is 9.87. The van der Waals surface area contributed by atoms with E-state index in [2.05, 4.69) is 0 Å². The van der Waals surface area contributed by atoms with E-state index in [9.17, 15) is 9.59 Å². The second-order valence-corrected chi connectivity index (χ2v) is 6.96. The second kappa shape index (κ2) is 5.11. The summed E-state index contributed by atoms with van der Waals surface area (Å²) in [4.78, 5) is 28.8. The van der Waals surface area contributed by atoms with Gasteiger partial charge in [-0.05, 0) is 37.8 Å². The molecule has 2 aliphatic heterocycles. The van der Waals surface area contributed by atoms with Gasteiger partial charge in [0, 0.05) is 31.2 Å². The summed E-state index contributed by atoms with van der Waals surface area (Å²) in [5, 5.41) is 0. The SMILES string of the molecule is O=C(C1CCC1)N1CCC2(CC1)CN(c1ccccc1)C2=O. The fourth-order valence-electron chi connectivity index (χ4n) is 3.89. The molecule has 2 amide bonds. The van der Waals surface area contributed by atoms with E-state index in [1.54, 1.807) is 0 Å². The summed E-state index contributed by atoms with van der Waals surface area (Å²) in [5.41, 5.74) is 0.790. The number of amides is 2. The Kier molecular flexibility index (Phi) is 3.21. The van der Waals surface area contributed by atoms with Gasteiger partial charge in [0.1, 0.15) is 0 Å². The Morgan fingerprint density at radius 3 is 2.32 bits per heavy atom. The molecular weight excluding hydrogens is 276 g/mol. The van der Waals surface area contributed by atoms with Crippen molar-refractivity contribution in [1.29, 1.82) is 0 Å². The zero-order valence-electron chi connectivity index (χ0n) is 12.8. The van der Waals surface area contributed by atoms with Gasteiger partial charge in [-0.25, -0.2) is 0 Å². The van der Waals surface area contributed by atoms with Crippen LogP contribution in [-0.4, -0.2) is 36.3 Å². The van der Waals surface area contributed by atoms with Crippen molar-refractivity contribution in [2.24, 2.45) is 11.3 Å². The number of β-lactam (4-membered cyclic amide) rings is 1.